The fourth-order valence-electron chi connectivity index (χ4n) is 0.732. The minimum atomic E-state index is -0.323. The van der Waals surface area contributed by atoms with Gasteiger partial charge in [-0.25, -0.2) is 4.79 Å². The standard InChI is InChI=1S/C11H18O3/c1-4-14-11(12)6-5-8-13-9-7-10(2)3/h5-6H,2,4,7-9H2,1,3H3/b6-5+. The average Bonchev–Trinajstić information content (AvgIpc) is 2.11. The van der Waals surface area contributed by atoms with E-state index in [1.807, 2.05) is 6.92 Å². The number of carbonyl (C=O) groups is 1. The molecule has 0 aromatic heterocycles. The van der Waals surface area contributed by atoms with Gasteiger partial charge in [0.2, 0.25) is 0 Å². The van der Waals surface area contributed by atoms with Gasteiger partial charge in [0.15, 0.2) is 0 Å². The molecule has 14 heavy (non-hydrogen) atoms. The maximum Gasteiger partial charge on any atom is 0.330 e. The first-order valence-electron chi connectivity index (χ1n) is 4.72. The molecule has 0 spiro atoms. The molecule has 0 saturated heterocycles. The molecule has 0 aliphatic carbocycles. The molecule has 0 atom stereocenters. The van der Waals surface area contributed by atoms with Crippen molar-refractivity contribution in [1.29, 1.82) is 0 Å². The second-order valence-corrected chi connectivity index (χ2v) is 2.94. The van der Waals surface area contributed by atoms with Crippen molar-refractivity contribution in [3.05, 3.63) is 24.3 Å². The molecule has 0 heterocycles. The lowest BCUT2D eigenvalue weighted by Crippen LogP contribution is -2.00. The second-order valence-electron chi connectivity index (χ2n) is 2.94. The molecule has 3 heteroatoms. The van der Waals surface area contributed by atoms with Crippen LogP contribution in [0, 0.1) is 0 Å². The minimum absolute atomic E-state index is 0.323. The molecule has 0 radical (unpaired) electrons. The molecule has 0 fully saturated rings. The Labute approximate surface area is 85.4 Å². The molecule has 0 N–H and O–H groups in total. The van der Waals surface area contributed by atoms with Crippen molar-refractivity contribution in [1.82, 2.24) is 0 Å². The van der Waals surface area contributed by atoms with E-state index in [-0.39, 0.29) is 5.97 Å². The van der Waals surface area contributed by atoms with Crippen LogP contribution in [-0.2, 0) is 14.3 Å². The van der Waals surface area contributed by atoms with E-state index in [4.69, 9.17) is 9.47 Å². The van der Waals surface area contributed by atoms with Crippen LogP contribution in [0.3, 0.4) is 0 Å². The Morgan fingerprint density at radius 2 is 2.21 bits per heavy atom. The van der Waals surface area contributed by atoms with E-state index in [1.165, 1.54) is 6.08 Å². The second kappa shape index (κ2) is 8.51. The van der Waals surface area contributed by atoms with Crippen LogP contribution in [0.4, 0.5) is 0 Å². The summed E-state index contributed by atoms with van der Waals surface area (Å²) in [4.78, 5) is 10.8. The molecule has 0 aliphatic rings. The third-order valence-corrected chi connectivity index (χ3v) is 1.43. The molecule has 0 amide bonds. The van der Waals surface area contributed by atoms with E-state index in [0.29, 0.717) is 19.8 Å². The first-order valence-corrected chi connectivity index (χ1v) is 4.72. The first kappa shape index (κ1) is 12.9. The highest BCUT2D eigenvalue weighted by Gasteiger charge is 1.92. The van der Waals surface area contributed by atoms with Crippen LogP contribution in [0.25, 0.3) is 0 Å². The lowest BCUT2D eigenvalue weighted by molar-refractivity contribution is -0.137. The predicted octanol–water partition coefficient (Wildman–Crippen LogP) is 2.09. The van der Waals surface area contributed by atoms with Crippen molar-refractivity contribution >= 4 is 5.97 Å². The molecule has 0 bridgehead atoms. The largest absolute Gasteiger partial charge is 0.463 e. The molecule has 0 aromatic rings. The Morgan fingerprint density at radius 1 is 1.50 bits per heavy atom. The summed E-state index contributed by atoms with van der Waals surface area (Å²) in [5.41, 5.74) is 1.10. The van der Waals surface area contributed by atoms with E-state index >= 15 is 0 Å². The predicted molar refractivity (Wildman–Crippen MR) is 56.0 cm³/mol. The zero-order valence-electron chi connectivity index (χ0n) is 8.91. The molecule has 80 valence electrons. The molecule has 0 aromatic carbocycles. The molecular weight excluding hydrogens is 180 g/mol. The summed E-state index contributed by atoms with van der Waals surface area (Å²) < 4.78 is 9.91. The topological polar surface area (TPSA) is 35.5 Å². The Kier molecular flexibility index (Phi) is 7.84. The third kappa shape index (κ3) is 9.00. The van der Waals surface area contributed by atoms with E-state index in [0.717, 1.165) is 12.0 Å². The summed E-state index contributed by atoms with van der Waals surface area (Å²) in [6.07, 6.45) is 3.88. The maximum absolute atomic E-state index is 10.8. The van der Waals surface area contributed by atoms with Crippen molar-refractivity contribution < 1.29 is 14.3 Å². The maximum atomic E-state index is 10.8. The summed E-state index contributed by atoms with van der Waals surface area (Å²) in [5, 5.41) is 0. The fourth-order valence-corrected chi connectivity index (χ4v) is 0.732. The van der Waals surface area contributed by atoms with Crippen LogP contribution < -0.4 is 0 Å². The van der Waals surface area contributed by atoms with Gasteiger partial charge in [0.05, 0.1) is 19.8 Å². The Bertz CT molecular complexity index is 207. The van der Waals surface area contributed by atoms with Gasteiger partial charge >= 0.3 is 5.97 Å². The Balaban J connectivity index is 3.35. The number of hydrogen-bond donors (Lipinski definition) is 0. The molecule has 3 nitrogen and oxygen atoms in total. The van der Waals surface area contributed by atoms with Crippen LogP contribution >= 0.6 is 0 Å². The Hall–Kier alpha value is -1.09. The van der Waals surface area contributed by atoms with Crippen LogP contribution in [-0.4, -0.2) is 25.8 Å². The highest BCUT2D eigenvalue weighted by molar-refractivity contribution is 5.81. The van der Waals surface area contributed by atoms with Gasteiger partial charge < -0.3 is 9.47 Å². The van der Waals surface area contributed by atoms with Crippen molar-refractivity contribution in [2.24, 2.45) is 0 Å². The van der Waals surface area contributed by atoms with E-state index in [9.17, 15) is 4.79 Å². The molecule has 0 rings (SSSR count). The molecule has 0 aliphatic heterocycles. The van der Waals surface area contributed by atoms with Crippen molar-refractivity contribution in [2.75, 3.05) is 19.8 Å². The van der Waals surface area contributed by atoms with Gasteiger partial charge in [-0.2, -0.15) is 0 Å². The fraction of sp³-hybridized carbons (Fsp3) is 0.545. The van der Waals surface area contributed by atoms with Crippen molar-refractivity contribution in [2.45, 2.75) is 20.3 Å². The van der Waals surface area contributed by atoms with Gasteiger partial charge in [-0.3, -0.25) is 0 Å². The van der Waals surface area contributed by atoms with Crippen LogP contribution in [0.5, 0.6) is 0 Å². The third-order valence-electron chi connectivity index (χ3n) is 1.43. The highest BCUT2D eigenvalue weighted by atomic mass is 16.5. The quantitative estimate of drug-likeness (QED) is 0.272. The van der Waals surface area contributed by atoms with Gasteiger partial charge in [0.25, 0.3) is 0 Å². The van der Waals surface area contributed by atoms with Crippen LogP contribution in [0.2, 0.25) is 0 Å². The van der Waals surface area contributed by atoms with Crippen LogP contribution in [0.1, 0.15) is 20.3 Å². The van der Waals surface area contributed by atoms with Crippen LogP contribution in [0.15, 0.2) is 24.3 Å². The number of ether oxygens (including phenoxy) is 2. The average molecular weight is 198 g/mol. The van der Waals surface area contributed by atoms with Gasteiger partial charge in [0, 0.05) is 6.08 Å². The normalized spacial score (nSPS) is 10.4. The highest BCUT2D eigenvalue weighted by Crippen LogP contribution is 1.94. The molecule has 0 unspecified atom stereocenters. The number of hydrogen-bond acceptors (Lipinski definition) is 3. The number of rotatable bonds is 7. The number of carbonyl (C=O) groups excluding carboxylic acids is 1. The summed E-state index contributed by atoms with van der Waals surface area (Å²) in [6.45, 7) is 8.96. The van der Waals surface area contributed by atoms with Gasteiger partial charge in [-0.05, 0) is 20.3 Å². The van der Waals surface area contributed by atoms with Gasteiger partial charge in [0.1, 0.15) is 0 Å². The van der Waals surface area contributed by atoms with E-state index in [1.54, 1.807) is 13.0 Å². The monoisotopic (exact) mass is 198 g/mol. The first-order chi connectivity index (χ1) is 6.66. The zero-order chi connectivity index (χ0) is 10.8. The SMILES string of the molecule is C=C(C)CCOC/C=C/C(=O)OCC. The number of esters is 1. The summed E-state index contributed by atoms with van der Waals surface area (Å²) in [7, 11) is 0. The minimum Gasteiger partial charge on any atom is -0.463 e. The molecule has 0 saturated carbocycles. The van der Waals surface area contributed by atoms with E-state index < -0.39 is 0 Å². The van der Waals surface area contributed by atoms with Crippen molar-refractivity contribution in [3.63, 3.8) is 0 Å². The van der Waals surface area contributed by atoms with Crippen molar-refractivity contribution in [3.8, 4) is 0 Å². The smallest absolute Gasteiger partial charge is 0.330 e. The Morgan fingerprint density at radius 3 is 2.79 bits per heavy atom. The van der Waals surface area contributed by atoms with Gasteiger partial charge in [-0.15, -0.1) is 6.58 Å². The summed E-state index contributed by atoms with van der Waals surface area (Å²) in [6, 6.07) is 0. The zero-order valence-corrected chi connectivity index (χ0v) is 8.91. The lowest BCUT2D eigenvalue weighted by atomic mass is 10.3. The lowest BCUT2D eigenvalue weighted by Gasteiger charge is -1.99. The summed E-state index contributed by atoms with van der Waals surface area (Å²) in [5.74, 6) is -0.323. The summed E-state index contributed by atoms with van der Waals surface area (Å²) >= 11 is 0. The molecular formula is C11H18O3. The van der Waals surface area contributed by atoms with Gasteiger partial charge in [-0.1, -0.05) is 11.6 Å². The van der Waals surface area contributed by atoms with E-state index in [2.05, 4.69) is 6.58 Å².